The van der Waals surface area contributed by atoms with E-state index in [-0.39, 0.29) is 5.41 Å². The van der Waals surface area contributed by atoms with Crippen LogP contribution in [0, 0.1) is 0 Å². The molecular formula is C14H21NO2. The van der Waals surface area contributed by atoms with Crippen molar-refractivity contribution in [3.63, 3.8) is 0 Å². The summed E-state index contributed by atoms with van der Waals surface area (Å²) in [5.74, 6) is 0.904. The zero-order chi connectivity index (χ0) is 12.3. The molecule has 1 heterocycles. The topological polar surface area (TPSA) is 30.5 Å². The van der Waals surface area contributed by atoms with Gasteiger partial charge in [0.05, 0.1) is 25.7 Å². The maximum Gasteiger partial charge on any atom is 0.118 e. The third-order valence-corrected chi connectivity index (χ3v) is 3.31. The average Bonchev–Trinajstić information content (AvgIpc) is 2.28. The van der Waals surface area contributed by atoms with E-state index in [0.29, 0.717) is 6.04 Å². The van der Waals surface area contributed by atoms with Crippen molar-refractivity contribution in [3.05, 3.63) is 29.8 Å². The van der Waals surface area contributed by atoms with Gasteiger partial charge in [0.15, 0.2) is 0 Å². The van der Waals surface area contributed by atoms with Gasteiger partial charge in [-0.25, -0.2) is 0 Å². The standard InChI is InChI=1S/C14H21NO2/c1-11(2)15-8-14(9-17-10-14)12-4-6-13(16-3)7-5-12/h4-7,11,15H,8-10H2,1-3H3. The van der Waals surface area contributed by atoms with Crippen LogP contribution < -0.4 is 10.1 Å². The first-order valence-electron chi connectivity index (χ1n) is 6.12. The predicted octanol–water partition coefficient (Wildman–Crippen LogP) is 1.96. The number of methoxy groups -OCH3 is 1. The van der Waals surface area contributed by atoms with Gasteiger partial charge in [0.1, 0.15) is 5.75 Å². The van der Waals surface area contributed by atoms with E-state index in [9.17, 15) is 0 Å². The normalized spacial score (nSPS) is 17.9. The third kappa shape index (κ3) is 2.61. The van der Waals surface area contributed by atoms with Gasteiger partial charge in [0.25, 0.3) is 0 Å². The lowest BCUT2D eigenvalue weighted by Crippen LogP contribution is -2.54. The van der Waals surface area contributed by atoms with Crippen LogP contribution in [0.1, 0.15) is 19.4 Å². The van der Waals surface area contributed by atoms with Crippen molar-refractivity contribution < 1.29 is 9.47 Å². The van der Waals surface area contributed by atoms with Crippen LogP contribution in [-0.4, -0.2) is 32.9 Å². The fourth-order valence-electron chi connectivity index (χ4n) is 2.06. The second-order valence-electron chi connectivity index (χ2n) is 5.04. The molecule has 0 spiro atoms. The first-order chi connectivity index (χ1) is 8.16. The molecule has 94 valence electrons. The molecule has 2 rings (SSSR count). The van der Waals surface area contributed by atoms with Crippen molar-refractivity contribution in [1.82, 2.24) is 5.32 Å². The van der Waals surface area contributed by atoms with Crippen LogP contribution in [0.3, 0.4) is 0 Å². The van der Waals surface area contributed by atoms with Gasteiger partial charge in [0, 0.05) is 12.6 Å². The molecule has 0 radical (unpaired) electrons. The molecule has 0 aliphatic carbocycles. The minimum Gasteiger partial charge on any atom is -0.497 e. The van der Waals surface area contributed by atoms with E-state index in [1.165, 1.54) is 5.56 Å². The number of hydrogen-bond acceptors (Lipinski definition) is 3. The number of hydrogen-bond donors (Lipinski definition) is 1. The van der Waals surface area contributed by atoms with Gasteiger partial charge in [0.2, 0.25) is 0 Å². The molecule has 0 unspecified atom stereocenters. The Bertz CT molecular complexity index is 355. The van der Waals surface area contributed by atoms with Gasteiger partial charge in [-0.15, -0.1) is 0 Å². The van der Waals surface area contributed by atoms with Crippen molar-refractivity contribution in [2.75, 3.05) is 26.9 Å². The van der Waals surface area contributed by atoms with Crippen LogP contribution in [0.5, 0.6) is 5.75 Å². The first kappa shape index (κ1) is 12.4. The highest BCUT2D eigenvalue weighted by Crippen LogP contribution is 2.32. The summed E-state index contributed by atoms with van der Waals surface area (Å²) in [5.41, 5.74) is 1.48. The molecule has 17 heavy (non-hydrogen) atoms. The minimum absolute atomic E-state index is 0.149. The van der Waals surface area contributed by atoms with Crippen molar-refractivity contribution in [2.45, 2.75) is 25.3 Å². The smallest absolute Gasteiger partial charge is 0.118 e. The van der Waals surface area contributed by atoms with Gasteiger partial charge in [-0.3, -0.25) is 0 Å². The van der Waals surface area contributed by atoms with Crippen molar-refractivity contribution in [2.24, 2.45) is 0 Å². The summed E-state index contributed by atoms with van der Waals surface area (Å²) in [5, 5.41) is 3.50. The Morgan fingerprint density at radius 3 is 2.35 bits per heavy atom. The number of benzene rings is 1. The summed E-state index contributed by atoms with van der Waals surface area (Å²) < 4.78 is 10.6. The van der Waals surface area contributed by atoms with Crippen molar-refractivity contribution in [1.29, 1.82) is 0 Å². The van der Waals surface area contributed by atoms with Crippen molar-refractivity contribution >= 4 is 0 Å². The Morgan fingerprint density at radius 1 is 1.29 bits per heavy atom. The molecular weight excluding hydrogens is 214 g/mol. The lowest BCUT2D eigenvalue weighted by atomic mass is 9.78. The Balaban J connectivity index is 2.10. The molecule has 0 saturated carbocycles. The molecule has 1 aromatic carbocycles. The monoisotopic (exact) mass is 235 g/mol. The Morgan fingerprint density at radius 2 is 1.94 bits per heavy atom. The summed E-state index contributed by atoms with van der Waals surface area (Å²) in [7, 11) is 1.69. The molecule has 0 atom stereocenters. The summed E-state index contributed by atoms with van der Waals surface area (Å²) >= 11 is 0. The van der Waals surface area contributed by atoms with Gasteiger partial charge < -0.3 is 14.8 Å². The molecule has 1 aliphatic rings. The van der Waals surface area contributed by atoms with E-state index < -0.39 is 0 Å². The average molecular weight is 235 g/mol. The van der Waals surface area contributed by atoms with Gasteiger partial charge >= 0.3 is 0 Å². The third-order valence-electron chi connectivity index (χ3n) is 3.31. The maximum atomic E-state index is 5.41. The second kappa shape index (κ2) is 5.07. The van der Waals surface area contributed by atoms with Crippen molar-refractivity contribution in [3.8, 4) is 5.75 Å². The lowest BCUT2D eigenvalue weighted by molar-refractivity contribution is -0.0597. The van der Waals surface area contributed by atoms with Gasteiger partial charge in [-0.05, 0) is 17.7 Å². The quantitative estimate of drug-likeness (QED) is 0.846. The zero-order valence-electron chi connectivity index (χ0n) is 10.8. The fraction of sp³-hybridized carbons (Fsp3) is 0.571. The molecule has 3 nitrogen and oxygen atoms in total. The summed E-state index contributed by atoms with van der Waals surface area (Å²) in [6.45, 7) is 6.91. The molecule has 0 bridgehead atoms. The Hall–Kier alpha value is -1.06. The Labute approximate surface area is 103 Å². The number of ether oxygens (including phenoxy) is 2. The SMILES string of the molecule is COc1ccc(C2(CNC(C)C)COC2)cc1. The molecule has 1 aromatic rings. The highest BCUT2D eigenvalue weighted by atomic mass is 16.5. The van der Waals surface area contributed by atoms with E-state index in [2.05, 4.69) is 31.3 Å². The molecule has 1 fully saturated rings. The first-order valence-corrected chi connectivity index (χ1v) is 6.12. The van der Waals surface area contributed by atoms with Crippen LogP contribution in [0.25, 0.3) is 0 Å². The highest BCUT2D eigenvalue weighted by Gasteiger charge is 2.40. The fourth-order valence-corrected chi connectivity index (χ4v) is 2.06. The molecule has 1 saturated heterocycles. The summed E-state index contributed by atoms with van der Waals surface area (Å²) in [6.07, 6.45) is 0. The molecule has 0 aromatic heterocycles. The van der Waals surface area contributed by atoms with Crippen LogP contribution in [0.2, 0.25) is 0 Å². The molecule has 1 N–H and O–H groups in total. The molecule has 0 amide bonds. The number of rotatable bonds is 5. The van der Waals surface area contributed by atoms with E-state index >= 15 is 0 Å². The van der Waals surface area contributed by atoms with Gasteiger partial charge in [-0.1, -0.05) is 26.0 Å². The largest absolute Gasteiger partial charge is 0.497 e. The predicted molar refractivity (Wildman–Crippen MR) is 68.6 cm³/mol. The van der Waals surface area contributed by atoms with E-state index in [0.717, 1.165) is 25.5 Å². The van der Waals surface area contributed by atoms with Crippen LogP contribution in [0.15, 0.2) is 24.3 Å². The maximum absolute atomic E-state index is 5.41. The van der Waals surface area contributed by atoms with Crippen LogP contribution in [0.4, 0.5) is 0 Å². The lowest BCUT2D eigenvalue weighted by Gasteiger charge is -2.42. The minimum atomic E-state index is 0.149. The van der Waals surface area contributed by atoms with Gasteiger partial charge in [-0.2, -0.15) is 0 Å². The second-order valence-corrected chi connectivity index (χ2v) is 5.04. The number of nitrogens with one attached hydrogen (secondary N) is 1. The summed E-state index contributed by atoms with van der Waals surface area (Å²) in [6, 6.07) is 8.83. The molecule has 1 aliphatic heterocycles. The highest BCUT2D eigenvalue weighted by molar-refractivity contribution is 5.34. The zero-order valence-corrected chi connectivity index (χ0v) is 10.8. The Kier molecular flexibility index (Phi) is 3.69. The van der Waals surface area contributed by atoms with Crippen LogP contribution in [-0.2, 0) is 10.2 Å². The van der Waals surface area contributed by atoms with E-state index in [4.69, 9.17) is 9.47 Å². The molecule has 3 heteroatoms. The summed E-state index contributed by atoms with van der Waals surface area (Å²) in [4.78, 5) is 0. The van der Waals surface area contributed by atoms with E-state index in [1.54, 1.807) is 7.11 Å². The van der Waals surface area contributed by atoms with E-state index in [1.807, 2.05) is 12.1 Å². The van der Waals surface area contributed by atoms with Crippen LogP contribution >= 0.6 is 0 Å².